The van der Waals surface area contributed by atoms with Gasteiger partial charge in [-0.05, 0) is 82.6 Å². The van der Waals surface area contributed by atoms with Gasteiger partial charge in [-0.15, -0.1) is 0 Å². The predicted octanol–water partition coefficient (Wildman–Crippen LogP) is 11.8. The van der Waals surface area contributed by atoms with Crippen LogP contribution in [0.25, 0.3) is 65.8 Å². The second-order valence-corrected chi connectivity index (χ2v) is 11.0. The third-order valence-electron chi connectivity index (χ3n) is 8.44. The Morgan fingerprint density at radius 2 is 1.02 bits per heavy atom. The number of anilines is 3. The Hall–Kier alpha value is -5.80. The van der Waals surface area contributed by atoms with Crippen LogP contribution in [0.4, 0.5) is 17.1 Å². The Morgan fingerprint density at radius 1 is 0.372 bits per heavy atom. The largest absolute Gasteiger partial charge is 0.456 e. The first kappa shape index (κ1) is 23.9. The van der Waals surface area contributed by atoms with Crippen molar-refractivity contribution in [3.63, 3.8) is 0 Å². The number of nitrogens with zero attached hydrogens (tertiary/aromatic N) is 1. The van der Waals surface area contributed by atoms with E-state index in [0.29, 0.717) is 0 Å². The van der Waals surface area contributed by atoms with Crippen LogP contribution in [0.15, 0.2) is 160 Å². The Bertz CT molecular complexity index is 2450. The SMILES string of the molecule is c1ccc(N(c2ccc(-c3ccc4oc5cc6ccccc6cc5c4c3)cc2)c2cccc3c2oc2ccccc23)cc1. The summed E-state index contributed by atoms with van der Waals surface area (Å²) in [6, 6.07) is 53.1. The Kier molecular flexibility index (Phi) is 5.20. The molecule has 7 aromatic carbocycles. The summed E-state index contributed by atoms with van der Waals surface area (Å²) in [5, 5.41) is 6.90. The fourth-order valence-corrected chi connectivity index (χ4v) is 6.36. The van der Waals surface area contributed by atoms with Crippen LogP contribution in [0, 0.1) is 0 Å². The van der Waals surface area contributed by atoms with Crippen molar-refractivity contribution >= 4 is 71.7 Å². The fourth-order valence-electron chi connectivity index (χ4n) is 6.36. The lowest BCUT2D eigenvalue weighted by atomic mass is 10.0. The second-order valence-electron chi connectivity index (χ2n) is 11.0. The Balaban J connectivity index is 1.16. The minimum Gasteiger partial charge on any atom is -0.456 e. The third-order valence-corrected chi connectivity index (χ3v) is 8.44. The van der Waals surface area contributed by atoms with Crippen LogP contribution in [0.3, 0.4) is 0 Å². The highest BCUT2D eigenvalue weighted by molar-refractivity contribution is 6.12. The average Bonchev–Trinajstić information content (AvgIpc) is 3.63. The molecule has 0 N–H and O–H groups in total. The smallest absolute Gasteiger partial charge is 0.159 e. The number of benzene rings is 7. The topological polar surface area (TPSA) is 29.5 Å². The lowest BCUT2D eigenvalue weighted by Crippen LogP contribution is -2.10. The number of fused-ring (bicyclic) bond motifs is 7. The van der Waals surface area contributed by atoms with Crippen LogP contribution in [-0.4, -0.2) is 0 Å². The van der Waals surface area contributed by atoms with Crippen LogP contribution in [0.2, 0.25) is 0 Å². The van der Waals surface area contributed by atoms with Crippen molar-refractivity contribution in [3.05, 3.63) is 152 Å². The quantitative estimate of drug-likeness (QED) is 0.218. The van der Waals surface area contributed by atoms with E-state index in [-0.39, 0.29) is 0 Å². The number of furan rings is 2. The van der Waals surface area contributed by atoms with Crippen LogP contribution < -0.4 is 4.90 Å². The molecule has 2 aromatic heterocycles. The molecule has 0 amide bonds. The van der Waals surface area contributed by atoms with Gasteiger partial charge in [-0.1, -0.05) is 91.0 Å². The van der Waals surface area contributed by atoms with Crippen molar-refractivity contribution in [3.8, 4) is 11.1 Å². The van der Waals surface area contributed by atoms with Gasteiger partial charge in [0.2, 0.25) is 0 Å². The van der Waals surface area contributed by atoms with Crippen molar-refractivity contribution in [2.75, 3.05) is 4.90 Å². The van der Waals surface area contributed by atoms with Crippen LogP contribution >= 0.6 is 0 Å². The summed E-state index contributed by atoms with van der Waals surface area (Å²) in [6.45, 7) is 0. The molecule has 9 rings (SSSR count). The highest BCUT2D eigenvalue weighted by Crippen LogP contribution is 2.42. The van der Waals surface area contributed by atoms with Gasteiger partial charge in [-0.3, -0.25) is 0 Å². The molecule has 0 saturated heterocycles. The van der Waals surface area contributed by atoms with Gasteiger partial charge in [0.1, 0.15) is 16.7 Å². The van der Waals surface area contributed by atoms with Crippen molar-refractivity contribution in [2.24, 2.45) is 0 Å². The first-order valence-electron chi connectivity index (χ1n) is 14.5. The van der Waals surface area contributed by atoms with Crippen molar-refractivity contribution < 1.29 is 8.83 Å². The molecule has 0 bridgehead atoms. The summed E-state index contributed by atoms with van der Waals surface area (Å²) in [7, 11) is 0. The highest BCUT2D eigenvalue weighted by atomic mass is 16.3. The van der Waals surface area contributed by atoms with Gasteiger partial charge in [-0.25, -0.2) is 0 Å². The number of rotatable bonds is 4. The van der Waals surface area contributed by atoms with Crippen LogP contribution in [0.5, 0.6) is 0 Å². The van der Waals surface area contributed by atoms with Gasteiger partial charge in [0, 0.05) is 32.9 Å². The zero-order valence-electron chi connectivity index (χ0n) is 23.2. The summed E-state index contributed by atoms with van der Waals surface area (Å²) in [6.07, 6.45) is 0. The van der Waals surface area contributed by atoms with Gasteiger partial charge in [0.15, 0.2) is 5.58 Å². The van der Waals surface area contributed by atoms with E-state index in [2.05, 4.69) is 138 Å². The standard InChI is InChI=1S/C40H25NO2/c1-2-11-30(12-3-1)41(36-15-8-14-33-32-13-6-7-16-37(32)43-40(33)36)31-20-17-26(18-21-31)29-19-22-38-34(24-29)35-23-27-9-4-5-10-28(27)25-39(35)42-38/h1-25H. The zero-order chi connectivity index (χ0) is 28.3. The maximum absolute atomic E-state index is 6.45. The normalized spacial score (nSPS) is 11.7. The van der Waals surface area contributed by atoms with E-state index in [4.69, 9.17) is 8.83 Å². The molecule has 0 saturated carbocycles. The Morgan fingerprint density at radius 3 is 1.88 bits per heavy atom. The number of hydrogen-bond acceptors (Lipinski definition) is 3. The summed E-state index contributed by atoms with van der Waals surface area (Å²) < 4.78 is 12.7. The maximum atomic E-state index is 6.45. The molecule has 0 aliphatic carbocycles. The van der Waals surface area contributed by atoms with Crippen molar-refractivity contribution in [1.82, 2.24) is 0 Å². The van der Waals surface area contributed by atoms with E-state index in [1.165, 1.54) is 10.8 Å². The van der Waals surface area contributed by atoms with Crippen molar-refractivity contribution in [2.45, 2.75) is 0 Å². The highest BCUT2D eigenvalue weighted by Gasteiger charge is 2.19. The lowest BCUT2D eigenvalue weighted by Gasteiger charge is -2.25. The van der Waals surface area contributed by atoms with E-state index in [0.717, 1.165) is 72.1 Å². The third kappa shape index (κ3) is 3.83. The fraction of sp³-hybridized carbons (Fsp3) is 0. The summed E-state index contributed by atoms with van der Waals surface area (Å²) in [5.41, 5.74) is 9.03. The van der Waals surface area contributed by atoms with E-state index in [1.807, 2.05) is 18.2 Å². The molecule has 0 aliphatic rings. The monoisotopic (exact) mass is 551 g/mol. The molecular weight excluding hydrogens is 526 g/mol. The first-order valence-corrected chi connectivity index (χ1v) is 14.5. The van der Waals surface area contributed by atoms with Gasteiger partial charge >= 0.3 is 0 Å². The van der Waals surface area contributed by atoms with Gasteiger partial charge in [-0.2, -0.15) is 0 Å². The minimum absolute atomic E-state index is 0.876. The molecule has 0 fully saturated rings. The first-order chi connectivity index (χ1) is 21.3. The molecule has 3 nitrogen and oxygen atoms in total. The summed E-state index contributed by atoms with van der Waals surface area (Å²) in [5.74, 6) is 0. The molecule has 0 unspecified atom stereocenters. The predicted molar refractivity (Wildman–Crippen MR) is 179 cm³/mol. The molecule has 202 valence electrons. The van der Waals surface area contributed by atoms with Gasteiger partial charge in [0.05, 0.1) is 5.69 Å². The Labute approximate surface area is 247 Å². The summed E-state index contributed by atoms with van der Waals surface area (Å²) >= 11 is 0. The second kappa shape index (κ2) is 9.37. The van der Waals surface area contributed by atoms with Crippen LogP contribution in [0.1, 0.15) is 0 Å². The zero-order valence-corrected chi connectivity index (χ0v) is 23.2. The molecule has 0 radical (unpaired) electrons. The number of para-hydroxylation sites is 3. The van der Waals surface area contributed by atoms with Gasteiger partial charge in [0.25, 0.3) is 0 Å². The molecule has 0 aliphatic heterocycles. The van der Waals surface area contributed by atoms with E-state index < -0.39 is 0 Å². The summed E-state index contributed by atoms with van der Waals surface area (Å²) in [4.78, 5) is 2.27. The molecule has 3 heteroatoms. The minimum atomic E-state index is 0.876. The molecular formula is C40H25NO2. The molecule has 9 aromatic rings. The molecule has 0 atom stereocenters. The van der Waals surface area contributed by atoms with Crippen molar-refractivity contribution in [1.29, 1.82) is 0 Å². The van der Waals surface area contributed by atoms with E-state index in [9.17, 15) is 0 Å². The van der Waals surface area contributed by atoms with E-state index >= 15 is 0 Å². The van der Waals surface area contributed by atoms with E-state index in [1.54, 1.807) is 0 Å². The maximum Gasteiger partial charge on any atom is 0.159 e. The average molecular weight is 552 g/mol. The molecule has 2 heterocycles. The molecule has 43 heavy (non-hydrogen) atoms. The van der Waals surface area contributed by atoms with Crippen LogP contribution in [-0.2, 0) is 0 Å². The number of hydrogen-bond donors (Lipinski definition) is 0. The lowest BCUT2D eigenvalue weighted by molar-refractivity contribution is 0.669. The molecule has 0 spiro atoms. The van der Waals surface area contributed by atoms with Gasteiger partial charge < -0.3 is 13.7 Å².